The van der Waals surface area contributed by atoms with Crippen molar-refractivity contribution in [2.45, 2.75) is 51.1 Å². The molecule has 34 heavy (non-hydrogen) atoms. The number of hydrogen-bond donors (Lipinski definition) is 2. The van der Waals surface area contributed by atoms with Gasteiger partial charge in [-0.25, -0.2) is 9.59 Å². The van der Waals surface area contributed by atoms with Crippen molar-refractivity contribution in [3.63, 3.8) is 0 Å². The van der Waals surface area contributed by atoms with Crippen LogP contribution >= 0.6 is 0 Å². The summed E-state index contributed by atoms with van der Waals surface area (Å²) in [7, 11) is 0. The molecule has 2 saturated heterocycles. The second-order valence-electron chi connectivity index (χ2n) is 8.56. The number of hydrogen-bond acceptors (Lipinski definition) is 6. The minimum atomic E-state index is -1.02. The van der Waals surface area contributed by atoms with E-state index in [0.717, 1.165) is 16.7 Å². The molecule has 5 rings (SSSR count). The molecule has 9 nitrogen and oxygen atoms in total. The average molecular weight is 464 g/mol. The number of aryl methyl sites for hydroxylation is 1. The first-order valence-corrected chi connectivity index (χ1v) is 11.0. The summed E-state index contributed by atoms with van der Waals surface area (Å²) in [6.07, 6.45) is -1.05. The third kappa shape index (κ3) is 3.98. The highest BCUT2D eigenvalue weighted by Gasteiger charge is 2.52. The lowest BCUT2D eigenvalue weighted by atomic mass is 9.92. The number of aromatic amines is 1. The van der Waals surface area contributed by atoms with Crippen molar-refractivity contribution >= 4 is 5.97 Å². The van der Waals surface area contributed by atoms with Crippen molar-refractivity contribution in [1.82, 2.24) is 9.55 Å². The summed E-state index contributed by atoms with van der Waals surface area (Å²) in [5.41, 5.74) is 2.11. The lowest BCUT2D eigenvalue weighted by Crippen LogP contribution is -2.37. The molecule has 1 unspecified atom stereocenters. The number of aromatic carboxylic acids is 1. The van der Waals surface area contributed by atoms with Crippen LogP contribution in [0, 0.1) is 6.92 Å². The predicted octanol–water partition coefficient (Wildman–Crippen LogP) is 2.48. The van der Waals surface area contributed by atoms with E-state index in [1.165, 1.54) is 10.8 Å². The molecule has 5 atom stereocenters. The molecule has 2 N–H and O–H groups in total. The van der Waals surface area contributed by atoms with Gasteiger partial charge in [0.2, 0.25) is 0 Å². The highest BCUT2D eigenvalue weighted by atomic mass is 16.8. The third-order valence-electron chi connectivity index (χ3n) is 6.26. The number of carboxylic acid groups (broad SMARTS) is 1. The molecule has 0 saturated carbocycles. The fourth-order valence-corrected chi connectivity index (χ4v) is 4.67. The Morgan fingerprint density at radius 1 is 1.06 bits per heavy atom. The minimum absolute atomic E-state index is 0.171. The van der Waals surface area contributed by atoms with E-state index in [4.69, 9.17) is 14.2 Å². The van der Waals surface area contributed by atoms with Crippen molar-refractivity contribution in [3.8, 4) is 11.1 Å². The molecule has 0 radical (unpaired) electrons. The summed E-state index contributed by atoms with van der Waals surface area (Å²) in [4.78, 5) is 38.3. The molecule has 0 aliphatic carbocycles. The van der Waals surface area contributed by atoms with E-state index in [-0.39, 0.29) is 5.56 Å². The Morgan fingerprint density at radius 3 is 2.53 bits per heavy atom. The number of H-pyrrole nitrogens is 1. The topological polar surface area (TPSA) is 120 Å². The minimum Gasteiger partial charge on any atom is -0.478 e. The number of rotatable bonds is 5. The summed E-state index contributed by atoms with van der Waals surface area (Å²) in [6, 6.07) is 14.7. The van der Waals surface area contributed by atoms with Crippen molar-refractivity contribution in [3.05, 3.63) is 92.3 Å². The van der Waals surface area contributed by atoms with Gasteiger partial charge in [-0.15, -0.1) is 0 Å². The number of fused-ring (bicyclic) bond motifs is 1. The Balaban J connectivity index is 1.53. The SMILES string of the molecule is Cc1cn([C@@H]2O[C@H](Cc3cc(C(=O)O)ccc3-c3ccccc3)[C@H]3OC(C)O[C@H]32)c(=O)[nH]c1=O. The van der Waals surface area contributed by atoms with Gasteiger partial charge in [0.1, 0.15) is 12.2 Å². The van der Waals surface area contributed by atoms with Crippen molar-refractivity contribution in [2.24, 2.45) is 0 Å². The zero-order valence-corrected chi connectivity index (χ0v) is 18.6. The first-order chi connectivity index (χ1) is 16.3. The molecule has 9 heteroatoms. The first-order valence-electron chi connectivity index (χ1n) is 11.0. The van der Waals surface area contributed by atoms with E-state index >= 15 is 0 Å². The van der Waals surface area contributed by atoms with E-state index in [2.05, 4.69) is 4.98 Å². The van der Waals surface area contributed by atoms with Crippen LogP contribution in [0.1, 0.15) is 34.6 Å². The van der Waals surface area contributed by atoms with Crippen LogP contribution in [0.4, 0.5) is 0 Å². The maximum absolute atomic E-state index is 12.5. The van der Waals surface area contributed by atoms with Crippen LogP contribution < -0.4 is 11.2 Å². The lowest BCUT2D eigenvalue weighted by Gasteiger charge is -2.21. The van der Waals surface area contributed by atoms with Gasteiger partial charge in [-0.05, 0) is 42.7 Å². The zero-order chi connectivity index (χ0) is 24.0. The zero-order valence-electron chi connectivity index (χ0n) is 18.6. The van der Waals surface area contributed by atoms with Crippen LogP contribution in [-0.4, -0.2) is 45.2 Å². The fraction of sp³-hybridized carbons (Fsp3) is 0.320. The summed E-state index contributed by atoms with van der Waals surface area (Å²) in [5.74, 6) is -1.02. The quantitative estimate of drug-likeness (QED) is 0.595. The Bertz CT molecular complexity index is 1350. The monoisotopic (exact) mass is 464 g/mol. The average Bonchev–Trinajstić information content (AvgIpc) is 3.35. The van der Waals surface area contributed by atoms with Gasteiger partial charge < -0.3 is 19.3 Å². The molecule has 2 aliphatic rings. The molecule has 2 aliphatic heterocycles. The molecule has 1 aromatic heterocycles. The van der Waals surface area contributed by atoms with Gasteiger partial charge in [0.15, 0.2) is 12.5 Å². The third-order valence-corrected chi connectivity index (χ3v) is 6.26. The number of carboxylic acids is 1. The molecule has 0 spiro atoms. The second-order valence-corrected chi connectivity index (χ2v) is 8.56. The van der Waals surface area contributed by atoms with Crippen LogP contribution in [0.25, 0.3) is 11.1 Å². The standard InChI is InChI=1S/C25H24N2O7/c1-13-12-27(25(31)26-22(13)28)23-21-20(32-14(2)33-21)19(34-23)11-17-10-16(24(29)30)8-9-18(17)15-6-4-3-5-7-15/h3-10,12,14,19-21,23H,11H2,1-2H3,(H,29,30)(H,26,28,31)/t14?,19-,20-,21-,23-/m1/s1. The Labute approximate surface area is 194 Å². The lowest BCUT2D eigenvalue weighted by molar-refractivity contribution is -0.138. The molecular weight excluding hydrogens is 440 g/mol. The van der Waals surface area contributed by atoms with Crippen molar-refractivity contribution in [2.75, 3.05) is 0 Å². The molecule has 0 bridgehead atoms. The van der Waals surface area contributed by atoms with E-state index in [0.29, 0.717) is 12.0 Å². The molecule has 3 aromatic rings. The maximum Gasteiger partial charge on any atom is 0.335 e. The Morgan fingerprint density at radius 2 is 1.79 bits per heavy atom. The summed E-state index contributed by atoms with van der Waals surface area (Å²) in [5, 5.41) is 9.54. The van der Waals surface area contributed by atoms with Gasteiger partial charge in [0, 0.05) is 18.2 Å². The molecular formula is C25H24N2O7. The molecule has 3 heterocycles. The summed E-state index contributed by atoms with van der Waals surface area (Å²) in [6.45, 7) is 3.38. The van der Waals surface area contributed by atoms with Gasteiger partial charge in [-0.3, -0.25) is 14.3 Å². The number of benzene rings is 2. The molecule has 0 amide bonds. The largest absolute Gasteiger partial charge is 0.478 e. The fourth-order valence-electron chi connectivity index (χ4n) is 4.67. The van der Waals surface area contributed by atoms with Crippen LogP contribution in [0.5, 0.6) is 0 Å². The van der Waals surface area contributed by atoms with Crippen LogP contribution in [0.3, 0.4) is 0 Å². The van der Waals surface area contributed by atoms with E-state index in [9.17, 15) is 19.5 Å². The number of ether oxygens (including phenoxy) is 3. The van der Waals surface area contributed by atoms with Gasteiger partial charge in [0.05, 0.1) is 11.7 Å². The normalized spacial score (nSPS) is 25.9. The van der Waals surface area contributed by atoms with Gasteiger partial charge >= 0.3 is 11.7 Å². The van der Waals surface area contributed by atoms with Crippen molar-refractivity contribution in [1.29, 1.82) is 0 Å². The van der Waals surface area contributed by atoms with E-state index in [1.807, 2.05) is 30.3 Å². The molecule has 176 valence electrons. The molecule has 2 fully saturated rings. The molecule has 2 aromatic carbocycles. The second kappa shape index (κ2) is 8.68. The number of nitrogens with one attached hydrogen (secondary N) is 1. The van der Waals surface area contributed by atoms with Crippen LogP contribution in [-0.2, 0) is 20.6 Å². The predicted molar refractivity (Wildman–Crippen MR) is 122 cm³/mol. The first kappa shape index (κ1) is 22.3. The van der Waals surface area contributed by atoms with E-state index in [1.54, 1.807) is 32.0 Å². The van der Waals surface area contributed by atoms with Crippen LogP contribution in [0.15, 0.2) is 64.3 Å². The van der Waals surface area contributed by atoms with Crippen molar-refractivity contribution < 1.29 is 24.1 Å². The summed E-state index contributed by atoms with van der Waals surface area (Å²) >= 11 is 0. The summed E-state index contributed by atoms with van der Waals surface area (Å²) < 4.78 is 19.5. The van der Waals surface area contributed by atoms with Crippen LogP contribution in [0.2, 0.25) is 0 Å². The van der Waals surface area contributed by atoms with E-state index < -0.39 is 48.0 Å². The van der Waals surface area contributed by atoms with Gasteiger partial charge in [0.25, 0.3) is 5.56 Å². The Kier molecular flexibility index (Phi) is 5.68. The van der Waals surface area contributed by atoms with Gasteiger partial charge in [-0.2, -0.15) is 0 Å². The number of carbonyl (C=O) groups is 1. The Hall–Kier alpha value is -3.53. The van der Waals surface area contributed by atoms with Gasteiger partial charge in [-0.1, -0.05) is 36.4 Å². The number of aromatic nitrogens is 2. The highest BCUT2D eigenvalue weighted by Crippen LogP contribution is 2.40. The highest BCUT2D eigenvalue weighted by molar-refractivity contribution is 5.89. The smallest absolute Gasteiger partial charge is 0.335 e. The number of nitrogens with zero attached hydrogens (tertiary/aromatic N) is 1. The maximum atomic E-state index is 12.5.